The zero-order valence-electron chi connectivity index (χ0n) is 25.6. The lowest BCUT2D eigenvalue weighted by Crippen LogP contribution is -2.33. The maximum Gasteiger partial charge on any atom is 0.291 e. The molecule has 1 aromatic rings. The molecule has 2 rings (SSSR count). The number of nitrogens with zero attached hydrogens (tertiary/aromatic N) is 1. The predicted octanol–water partition coefficient (Wildman–Crippen LogP) is 8.05. The van der Waals surface area contributed by atoms with Gasteiger partial charge in [0.1, 0.15) is 8.42 Å². The van der Waals surface area contributed by atoms with Gasteiger partial charge in [-0.2, -0.15) is 12.8 Å². The van der Waals surface area contributed by atoms with Crippen LogP contribution >= 0.6 is 11.3 Å². The van der Waals surface area contributed by atoms with Crippen LogP contribution < -0.4 is 5.32 Å². The highest BCUT2D eigenvalue weighted by molar-refractivity contribution is 7.96. The van der Waals surface area contributed by atoms with Gasteiger partial charge in [0.25, 0.3) is 10.0 Å². The molecule has 2 heterocycles. The number of unbranched alkanes of at least 4 members (excludes halogenated alkanes) is 1. The van der Waals surface area contributed by atoms with Gasteiger partial charge in [-0.25, -0.2) is 8.42 Å². The second kappa shape index (κ2) is 15.5. The first kappa shape index (κ1) is 34.4. The molecule has 0 radical (unpaired) electrons. The van der Waals surface area contributed by atoms with Crippen LogP contribution in [0.5, 0.6) is 0 Å². The molecular weight excluding hydrogens is 549 g/mol. The molecule has 0 spiro atoms. The van der Waals surface area contributed by atoms with Gasteiger partial charge < -0.3 is 5.32 Å². The van der Waals surface area contributed by atoms with Gasteiger partial charge in [-0.3, -0.25) is 0 Å². The van der Waals surface area contributed by atoms with Crippen LogP contribution in [-0.4, -0.2) is 34.8 Å². The fourth-order valence-corrected chi connectivity index (χ4v) is 11.8. The Balaban J connectivity index is 2.11. The number of rotatable bonds is 17. The first-order valence-electron chi connectivity index (χ1n) is 15.3. The number of sulfonamides is 1. The van der Waals surface area contributed by atoms with E-state index in [0.29, 0.717) is 36.8 Å². The molecule has 39 heavy (non-hydrogen) atoms. The van der Waals surface area contributed by atoms with Gasteiger partial charge in [-0.05, 0) is 74.8 Å². The number of hydrogen-bond acceptors (Lipinski definition) is 6. The molecule has 0 aliphatic carbocycles. The van der Waals surface area contributed by atoms with E-state index < -0.39 is 25.1 Å². The topological polar surface area (TPSA) is 92.7 Å². The molecule has 6 nitrogen and oxygen atoms in total. The molecule has 1 aliphatic rings. The van der Waals surface area contributed by atoms with Crippen LogP contribution in [0.1, 0.15) is 125 Å². The molecule has 0 bridgehead atoms. The number of sulfone groups is 1. The minimum absolute atomic E-state index is 0.0169. The molecule has 1 aromatic heterocycles. The number of hydrogen-bond donors (Lipinski definition) is 1. The van der Waals surface area contributed by atoms with E-state index in [1.54, 1.807) is 6.92 Å². The van der Waals surface area contributed by atoms with E-state index in [4.69, 9.17) is 0 Å². The van der Waals surface area contributed by atoms with E-state index in [1.807, 2.05) is 6.92 Å². The SMILES string of the molecule is CCN[C@H]1C[C@H](C)S(=O)(=O)c2sc(S(=O)(=O)/N=C/CCCC(CC)C(CC)C(CC)C(CC)C(C)CC)cc21. The van der Waals surface area contributed by atoms with Gasteiger partial charge in [0.15, 0.2) is 9.84 Å². The van der Waals surface area contributed by atoms with E-state index in [9.17, 15) is 16.8 Å². The lowest BCUT2D eigenvalue weighted by Gasteiger charge is -2.39. The monoisotopic (exact) mass is 602 g/mol. The molecule has 9 heteroatoms. The standard InChI is InChI=1S/C30H54N2O4S3/c1-9-21(7)24(11-3)26(13-5)25(12-4)23(10-2)17-15-16-18-32-39(35,36)29-20-27-28(31-14-6)19-22(8)38(33,34)30(27)37-29/h18,20-26,28,31H,9-17,19H2,1-8H3/b32-18+/t21?,22-,23?,24?,25?,26?,28-/m0/s1. The van der Waals surface area contributed by atoms with E-state index >= 15 is 0 Å². The zero-order valence-corrected chi connectivity index (χ0v) is 28.0. The summed E-state index contributed by atoms with van der Waals surface area (Å²) in [6, 6.07) is 1.36. The summed E-state index contributed by atoms with van der Waals surface area (Å²) in [5, 5.41) is 2.76. The van der Waals surface area contributed by atoms with Gasteiger partial charge >= 0.3 is 0 Å². The van der Waals surface area contributed by atoms with Gasteiger partial charge in [0.2, 0.25) is 0 Å². The minimum atomic E-state index is -3.94. The third kappa shape index (κ3) is 8.16. The van der Waals surface area contributed by atoms with E-state index in [2.05, 4.69) is 51.3 Å². The average Bonchev–Trinajstić information content (AvgIpc) is 3.38. The predicted molar refractivity (Wildman–Crippen MR) is 166 cm³/mol. The maximum absolute atomic E-state index is 13.0. The molecule has 1 N–H and O–H groups in total. The highest BCUT2D eigenvalue weighted by Crippen LogP contribution is 2.43. The lowest BCUT2D eigenvalue weighted by atomic mass is 9.66. The van der Waals surface area contributed by atoms with Gasteiger partial charge in [-0.1, -0.05) is 80.6 Å². The first-order valence-corrected chi connectivity index (χ1v) is 19.1. The van der Waals surface area contributed by atoms with Crippen LogP contribution in [0.2, 0.25) is 0 Å². The zero-order chi connectivity index (χ0) is 29.4. The van der Waals surface area contributed by atoms with Crippen molar-refractivity contribution >= 4 is 37.4 Å². The van der Waals surface area contributed by atoms with Crippen molar-refractivity contribution in [2.75, 3.05) is 6.54 Å². The minimum Gasteiger partial charge on any atom is -0.310 e. The Bertz CT molecular complexity index is 1130. The summed E-state index contributed by atoms with van der Waals surface area (Å²) < 4.78 is 56.0. The van der Waals surface area contributed by atoms with Crippen molar-refractivity contribution in [2.24, 2.45) is 34.0 Å². The summed E-state index contributed by atoms with van der Waals surface area (Å²) in [6.45, 7) is 18.3. The normalized spacial score (nSPS) is 23.3. The highest BCUT2D eigenvalue weighted by Gasteiger charge is 2.39. The van der Waals surface area contributed by atoms with E-state index in [-0.39, 0.29) is 14.5 Å². The molecule has 0 saturated heterocycles. The summed E-state index contributed by atoms with van der Waals surface area (Å²) in [6.07, 6.45) is 10.5. The third-order valence-electron chi connectivity index (χ3n) is 9.28. The lowest BCUT2D eigenvalue weighted by molar-refractivity contribution is 0.101. The number of fused-ring (bicyclic) bond motifs is 1. The number of thiophene rings is 1. The van der Waals surface area contributed by atoms with Crippen molar-refractivity contribution in [1.29, 1.82) is 0 Å². The Morgan fingerprint density at radius 3 is 2.21 bits per heavy atom. The van der Waals surface area contributed by atoms with Crippen molar-refractivity contribution in [3.63, 3.8) is 0 Å². The second-order valence-corrected chi connectivity index (χ2v) is 16.9. The van der Waals surface area contributed by atoms with Crippen molar-refractivity contribution in [2.45, 2.75) is 133 Å². The molecule has 7 atom stereocenters. The average molecular weight is 603 g/mol. The Kier molecular flexibility index (Phi) is 13.6. The molecular formula is C30H54N2O4S3. The summed E-state index contributed by atoms with van der Waals surface area (Å²) in [5.74, 6) is 3.52. The van der Waals surface area contributed by atoms with E-state index in [0.717, 1.165) is 48.4 Å². The Hall–Kier alpha value is -0.770. The Morgan fingerprint density at radius 2 is 1.67 bits per heavy atom. The smallest absolute Gasteiger partial charge is 0.291 e. The largest absolute Gasteiger partial charge is 0.310 e. The fraction of sp³-hybridized carbons (Fsp3) is 0.833. The molecule has 0 fully saturated rings. The molecule has 5 unspecified atom stereocenters. The van der Waals surface area contributed by atoms with Crippen molar-refractivity contribution in [3.05, 3.63) is 11.6 Å². The highest BCUT2D eigenvalue weighted by atomic mass is 32.3. The quantitative estimate of drug-likeness (QED) is 0.144. The Morgan fingerprint density at radius 1 is 1.03 bits per heavy atom. The van der Waals surface area contributed by atoms with E-state index in [1.165, 1.54) is 38.0 Å². The van der Waals surface area contributed by atoms with Gasteiger partial charge in [0, 0.05) is 17.8 Å². The van der Waals surface area contributed by atoms with Crippen molar-refractivity contribution < 1.29 is 16.8 Å². The van der Waals surface area contributed by atoms with Gasteiger partial charge in [0.05, 0.1) is 5.25 Å². The van der Waals surface area contributed by atoms with Crippen LogP contribution in [0.15, 0.2) is 18.9 Å². The van der Waals surface area contributed by atoms with Crippen molar-refractivity contribution in [3.8, 4) is 0 Å². The van der Waals surface area contributed by atoms with Crippen LogP contribution in [0.4, 0.5) is 0 Å². The molecule has 1 aliphatic heterocycles. The number of nitrogens with one attached hydrogen (secondary N) is 1. The summed E-state index contributed by atoms with van der Waals surface area (Å²) in [4.78, 5) is 0. The molecule has 0 saturated carbocycles. The van der Waals surface area contributed by atoms with Crippen LogP contribution in [0.3, 0.4) is 0 Å². The van der Waals surface area contributed by atoms with Crippen LogP contribution in [0.25, 0.3) is 0 Å². The Labute approximate surface area is 243 Å². The van der Waals surface area contributed by atoms with Crippen molar-refractivity contribution in [1.82, 2.24) is 5.32 Å². The molecule has 226 valence electrons. The van der Waals surface area contributed by atoms with Crippen LogP contribution in [0, 0.1) is 29.6 Å². The fourth-order valence-electron chi connectivity index (χ4n) is 6.90. The molecule has 0 amide bonds. The van der Waals surface area contributed by atoms with Crippen LogP contribution in [-0.2, 0) is 19.9 Å². The maximum atomic E-state index is 13.0. The first-order chi connectivity index (χ1) is 18.4. The summed E-state index contributed by atoms with van der Waals surface area (Å²) in [7, 11) is -7.46. The summed E-state index contributed by atoms with van der Waals surface area (Å²) >= 11 is 0.847. The third-order valence-corrected chi connectivity index (χ3v) is 14.9. The van der Waals surface area contributed by atoms with Gasteiger partial charge in [-0.15, -0.1) is 11.3 Å². The second-order valence-electron chi connectivity index (χ2n) is 11.5. The summed E-state index contributed by atoms with van der Waals surface area (Å²) in [5.41, 5.74) is 0.568. The molecule has 0 aromatic carbocycles.